The first kappa shape index (κ1) is 8.38. The van der Waals surface area contributed by atoms with E-state index in [9.17, 15) is 0 Å². The molecule has 0 aromatic heterocycles. The molecule has 0 spiro atoms. The molecule has 1 heterocycles. The van der Waals surface area contributed by atoms with E-state index in [1.807, 2.05) is 25.1 Å². The quantitative estimate of drug-likeness (QED) is 0.704. The lowest BCUT2D eigenvalue weighted by Crippen LogP contribution is -2.32. The van der Waals surface area contributed by atoms with Crippen molar-refractivity contribution in [3.63, 3.8) is 0 Å². The molecule has 0 amide bonds. The Bertz CT molecular complexity index is 309. The number of hydrogen-bond donors (Lipinski definition) is 1. The number of aliphatic hydroxyl groups is 1. The summed E-state index contributed by atoms with van der Waals surface area (Å²) in [5.74, 6) is 1.53. The molecule has 0 saturated heterocycles. The van der Waals surface area contributed by atoms with Crippen LogP contribution in [-0.2, 0) is 0 Å². The van der Waals surface area contributed by atoms with Crippen molar-refractivity contribution in [3.05, 3.63) is 23.8 Å². The lowest BCUT2D eigenvalue weighted by Gasteiger charge is -2.26. The first-order valence-electron chi connectivity index (χ1n) is 4.31. The average molecular weight is 180 g/mol. The number of ether oxygens (including phenoxy) is 2. The summed E-state index contributed by atoms with van der Waals surface area (Å²) < 4.78 is 11.0. The number of hydrogen-bond acceptors (Lipinski definition) is 3. The summed E-state index contributed by atoms with van der Waals surface area (Å²) in [5.41, 5.74) is 1.06. The van der Waals surface area contributed by atoms with E-state index in [-0.39, 0.29) is 12.7 Å². The number of rotatable bonds is 1. The molecule has 3 heteroatoms. The maximum atomic E-state index is 8.88. The van der Waals surface area contributed by atoms with Gasteiger partial charge in [0.05, 0.1) is 6.61 Å². The third-order valence-electron chi connectivity index (χ3n) is 2.09. The van der Waals surface area contributed by atoms with Crippen molar-refractivity contribution in [2.24, 2.45) is 0 Å². The van der Waals surface area contributed by atoms with Gasteiger partial charge in [-0.25, -0.2) is 0 Å². The molecule has 1 atom stereocenters. The average Bonchev–Trinajstić information content (AvgIpc) is 2.18. The van der Waals surface area contributed by atoms with Gasteiger partial charge in [-0.15, -0.1) is 0 Å². The van der Waals surface area contributed by atoms with E-state index in [1.54, 1.807) is 0 Å². The highest BCUT2D eigenvalue weighted by Crippen LogP contribution is 2.34. The summed E-state index contributed by atoms with van der Waals surface area (Å²) in [6.45, 7) is 2.39. The number of benzene rings is 1. The van der Waals surface area contributed by atoms with Crippen LogP contribution in [0.25, 0.3) is 0 Å². The van der Waals surface area contributed by atoms with Crippen LogP contribution >= 0.6 is 0 Å². The van der Waals surface area contributed by atoms with Crippen molar-refractivity contribution in [3.8, 4) is 11.5 Å². The summed E-state index contributed by atoms with van der Waals surface area (Å²) in [7, 11) is 0. The van der Waals surface area contributed by atoms with Crippen molar-refractivity contribution in [1.82, 2.24) is 0 Å². The van der Waals surface area contributed by atoms with Crippen LogP contribution in [0, 0.1) is 6.92 Å². The molecule has 0 aliphatic carbocycles. The van der Waals surface area contributed by atoms with Crippen LogP contribution in [0.2, 0.25) is 0 Å². The van der Waals surface area contributed by atoms with Gasteiger partial charge in [0.2, 0.25) is 0 Å². The van der Waals surface area contributed by atoms with Crippen LogP contribution in [-0.4, -0.2) is 24.4 Å². The van der Waals surface area contributed by atoms with Gasteiger partial charge in [-0.2, -0.15) is 0 Å². The van der Waals surface area contributed by atoms with Crippen molar-refractivity contribution in [2.45, 2.75) is 13.0 Å². The number of aliphatic hydroxyl groups excluding tert-OH is 1. The van der Waals surface area contributed by atoms with Crippen LogP contribution in [0.15, 0.2) is 18.2 Å². The summed E-state index contributed by atoms with van der Waals surface area (Å²) in [6, 6.07) is 5.74. The maximum Gasteiger partial charge on any atom is 0.164 e. The highest BCUT2D eigenvalue weighted by atomic mass is 16.6. The van der Waals surface area contributed by atoms with Crippen LogP contribution in [0.1, 0.15) is 5.56 Å². The van der Waals surface area contributed by atoms with E-state index in [2.05, 4.69) is 0 Å². The van der Waals surface area contributed by atoms with Crippen molar-refractivity contribution in [2.75, 3.05) is 13.2 Å². The minimum atomic E-state index is -0.228. The van der Waals surface area contributed by atoms with Crippen molar-refractivity contribution in [1.29, 1.82) is 0 Å². The standard InChI is InChI=1S/C10H12O3/c1-7-3-2-4-9-10(7)12-6-8(5-11)13-9/h2-4,8,11H,5-6H2,1H3/t8-/m0/s1. The SMILES string of the molecule is Cc1cccc2c1OC[C@H](CO)O2. The van der Waals surface area contributed by atoms with Gasteiger partial charge >= 0.3 is 0 Å². The largest absolute Gasteiger partial charge is 0.485 e. The van der Waals surface area contributed by atoms with Gasteiger partial charge in [0.1, 0.15) is 6.61 Å². The molecule has 1 N–H and O–H groups in total. The Labute approximate surface area is 76.9 Å². The molecule has 0 radical (unpaired) electrons. The van der Waals surface area contributed by atoms with Gasteiger partial charge in [0.15, 0.2) is 17.6 Å². The molecule has 0 saturated carbocycles. The summed E-state index contributed by atoms with van der Waals surface area (Å²) >= 11 is 0. The lowest BCUT2D eigenvalue weighted by molar-refractivity contribution is 0.0452. The Hall–Kier alpha value is -1.22. The van der Waals surface area contributed by atoms with Gasteiger partial charge in [-0.3, -0.25) is 0 Å². The topological polar surface area (TPSA) is 38.7 Å². The summed E-state index contributed by atoms with van der Waals surface area (Å²) in [6.07, 6.45) is -0.228. The molecule has 0 bridgehead atoms. The molecular formula is C10H12O3. The maximum absolute atomic E-state index is 8.88. The van der Waals surface area contributed by atoms with Gasteiger partial charge < -0.3 is 14.6 Å². The molecule has 1 aromatic rings. The normalized spacial score (nSPS) is 20.0. The second kappa shape index (κ2) is 3.26. The van der Waals surface area contributed by atoms with Gasteiger partial charge in [-0.1, -0.05) is 12.1 Å². The number of fused-ring (bicyclic) bond motifs is 1. The Morgan fingerprint density at radius 1 is 1.54 bits per heavy atom. The van der Waals surface area contributed by atoms with Gasteiger partial charge in [0, 0.05) is 0 Å². The molecule has 1 aliphatic heterocycles. The minimum Gasteiger partial charge on any atom is -0.485 e. The van der Waals surface area contributed by atoms with Gasteiger partial charge in [0.25, 0.3) is 0 Å². The first-order chi connectivity index (χ1) is 6.31. The van der Waals surface area contributed by atoms with E-state index in [1.165, 1.54) is 0 Å². The molecular weight excluding hydrogens is 168 g/mol. The fraction of sp³-hybridized carbons (Fsp3) is 0.400. The number of para-hydroxylation sites is 1. The molecule has 2 rings (SSSR count). The third kappa shape index (κ3) is 1.47. The molecule has 3 nitrogen and oxygen atoms in total. The first-order valence-corrected chi connectivity index (χ1v) is 4.31. The van der Waals surface area contributed by atoms with Crippen molar-refractivity contribution < 1.29 is 14.6 Å². The molecule has 70 valence electrons. The van der Waals surface area contributed by atoms with Crippen LogP contribution in [0.4, 0.5) is 0 Å². The highest BCUT2D eigenvalue weighted by Gasteiger charge is 2.20. The number of aryl methyl sites for hydroxylation is 1. The third-order valence-corrected chi connectivity index (χ3v) is 2.09. The molecule has 0 unspecified atom stereocenters. The Kier molecular flexibility index (Phi) is 2.10. The van der Waals surface area contributed by atoms with Crippen LogP contribution in [0.5, 0.6) is 11.5 Å². The Morgan fingerprint density at radius 2 is 2.38 bits per heavy atom. The second-order valence-electron chi connectivity index (χ2n) is 3.14. The van der Waals surface area contributed by atoms with Crippen LogP contribution < -0.4 is 9.47 Å². The predicted octanol–water partition coefficient (Wildman–Crippen LogP) is 1.13. The lowest BCUT2D eigenvalue weighted by atomic mass is 10.2. The van der Waals surface area contributed by atoms with E-state index >= 15 is 0 Å². The van der Waals surface area contributed by atoms with Crippen LogP contribution in [0.3, 0.4) is 0 Å². The fourth-order valence-electron chi connectivity index (χ4n) is 1.38. The molecule has 1 aromatic carbocycles. The zero-order valence-electron chi connectivity index (χ0n) is 7.49. The van der Waals surface area contributed by atoms with E-state index < -0.39 is 0 Å². The fourth-order valence-corrected chi connectivity index (χ4v) is 1.38. The Balaban J connectivity index is 2.31. The molecule has 0 fully saturated rings. The van der Waals surface area contributed by atoms with E-state index in [0.29, 0.717) is 6.61 Å². The minimum absolute atomic E-state index is 0.00657. The van der Waals surface area contributed by atoms with E-state index in [0.717, 1.165) is 17.1 Å². The smallest absolute Gasteiger partial charge is 0.164 e. The zero-order valence-corrected chi connectivity index (χ0v) is 7.49. The second-order valence-corrected chi connectivity index (χ2v) is 3.14. The highest BCUT2D eigenvalue weighted by molar-refractivity contribution is 5.46. The van der Waals surface area contributed by atoms with E-state index in [4.69, 9.17) is 14.6 Å². The summed E-state index contributed by atoms with van der Waals surface area (Å²) in [4.78, 5) is 0. The molecule has 13 heavy (non-hydrogen) atoms. The molecule has 1 aliphatic rings. The van der Waals surface area contributed by atoms with Crippen molar-refractivity contribution >= 4 is 0 Å². The summed E-state index contributed by atoms with van der Waals surface area (Å²) in [5, 5.41) is 8.88. The van der Waals surface area contributed by atoms with Gasteiger partial charge in [-0.05, 0) is 18.6 Å². The predicted molar refractivity (Wildman–Crippen MR) is 48.2 cm³/mol. The monoisotopic (exact) mass is 180 g/mol. The zero-order chi connectivity index (χ0) is 9.26. The Morgan fingerprint density at radius 3 is 3.15 bits per heavy atom.